The molecule has 0 bridgehead atoms. The third-order valence-electron chi connectivity index (χ3n) is 11.5. The zero-order valence-electron chi connectivity index (χ0n) is 32.8. The van der Waals surface area contributed by atoms with Crippen LogP contribution in [0.15, 0.2) is 226 Å². The number of oxazole rings is 1. The fourth-order valence-electron chi connectivity index (χ4n) is 8.63. The van der Waals surface area contributed by atoms with Crippen LogP contribution in [-0.4, -0.2) is 4.98 Å². The maximum Gasteiger partial charge on any atom is 0.227 e. The monoisotopic (exact) mass is 785 g/mol. The lowest BCUT2D eigenvalue weighted by atomic mass is 10.0. The average molecular weight is 786 g/mol. The van der Waals surface area contributed by atoms with Crippen LogP contribution in [0.1, 0.15) is 0 Å². The van der Waals surface area contributed by atoms with Gasteiger partial charge < -0.3 is 23.1 Å². The van der Waals surface area contributed by atoms with Crippen molar-refractivity contribution in [3.63, 3.8) is 0 Å². The van der Waals surface area contributed by atoms with E-state index < -0.39 is 0 Å². The number of aromatic nitrogens is 1. The van der Waals surface area contributed by atoms with E-state index in [0.29, 0.717) is 17.0 Å². The van der Waals surface area contributed by atoms with Gasteiger partial charge >= 0.3 is 0 Å². The van der Waals surface area contributed by atoms with Crippen molar-refractivity contribution in [2.45, 2.75) is 0 Å². The molecule has 0 unspecified atom stereocenters. The zero-order chi connectivity index (χ0) is 40.3. The molecule has 0 N–H and O–H groups in total. The van der Waals surface area contributed by atoms with Crippen LogP contribution < -0.4 is 9.80 Å². The summed E-state index contributed by atoms with van der Waals surface area (Å²) in [5.41, 5.74) is 13.3. The second kappa shape index (κ2) is 14.2. The van der Waals surface area contributed by atoms with Crippen LogP contribution in [0.25, 0.3) is 77.6 Å². The Labute approximate surface area is 350 Å². The minimum Gasteiger partial charge on any atom is -0.456 e. The van der Waals surface area contributed by atoms with Gasteiger partial charge in [-0.15, -0.1) is 0 Å². The zero-order valence-corrected chi connectivity index (χ0v) is 32.8. The third-order valence-corrected chi connectivity index (χ3v) is 11.5. The molecule has 0 spiro atoms. The molecule has 12 rings (SSSR count). The van der Waals surface area contributed by atoms with Gasteiger partial charge in [-0.1, -0.05) is 127 Å². The highest BCUT2D eigenvalue weighted by molar-refractivity contribution is 6.12. The van der Waals surface area contributed by atoms with E-state index in [-0.39, 0.29) is 0 Å². The Kier molecular flexibility index (Phi) is 8.06. The van der Waals surface area contributed by atoms with E-state index >= 15 is 0 Å². The molecule has 0 aliphatic heterocycles. The predicted molar refractivity (Wildman–Crippen MR) is 249 cm³/mol. The van der Waals surface area contributed by atoms with Gasteiger partial charge in [-0.3, -0.25) is 0 Å². The van der Waals surface area contributed by atoms with Crippen LogP contribution in [-0.2, 0) is 0 Å². The second-order valence-corrected chi connectivity index (χ2v) is 15.1. The van der Waals surface area contributed by atoms with E-state index in [4.69, 9.17) is 18.2 Å². The number of furan rings is 2. The molecular weight excluding hydrogens is 751 g/mol. The molecule has 0 amide bonds. The Bertz CT molecular complexity index is 3540. The number of anilines is 6. The molecule has 12 aromatic rings. The van der Waals surface area contributed by atoms with Gasteiger partial charge in [0, 0.05) is 50.2 Å². The normalized spacial score (nSPS) is 11.6. The topological polar surface area (TPSA) is 58.8 Å². The maximum absolute atomic E-state index is 6.80. The predicted octanol–water partition coefficient (Wildman–Crippen LogP) is 15.9. The molecule has 0 saturated carbocycles. The number of rotatable bonds is 8. The largest absolute Gasteiger partial charge is 0.456 e. The van der Waals surface area contributed by atoms with E-state index in [1.807, 2.05) is 66.7 Å². The molecule has 0 aliphatic rings. The Morgan fingerprint density at radius 1 is 0.311 bits per heavy atom. The number of hydrogen-bond donors (Lipinski definition) is 0. The highest BCUT2D eigenvalue weighted by atomic mass is 16.3. The van der Waals surface area contributed by atoms with Crippen molar-refractivity contribution in [1.29, 1.82) is 0 Å². The lowest BCUT2D eigenvalue weighted by Gasteiger charge is -2.29. The van der Waals surface area contributed by atoms with E-state index in [1.54, 1.807) is 0 Å². The van der Waals surface area contributed by atoms with Gasteiger partial charge in [-0.25, -0.2) is 4.98 Å². The van der Waals surface area contributed by atoms with Crippen LogP contribution >= 0.6 is 0 Å². The van der Waals surface area contributed by atoms with Crippen LogP contribution in [0.2, 0.25) is 0 Å². The molecule has 0 saturated heterocycles. The van der Waals surface area contributed by atoms with Crippen LogP contribution in [0.4, 0.5) is 34.1 Å². The molecule has 288 valence electrons. The van der Waals surface area contributed by atoms with Crippen LogP contribution in [0, 0.1) is 0 Å². The summed E-state index contributed by atoms with van der Waals surface area (Å²) in [6.45, 7) is 0. The minimum atomic E-state index is 0.535. The SMILES string of the molecule is c1ccc(-c2ccc(N(c3cc(N(c4ccccc4)c4ccc5oc6ccccc6c5c4)cc4oc(-c5ccccc5)nc34)c3cccc4c3oc3ccccc34)cc2)cc1. The molecular formula is C55H35N3O3. The van der Waals surface area contributed by atoms with Crippen molar-refractivity contribution in [2.75, 3.05) is 9.80 Å². The Morgan fingerprint density at radius 3 is 1.64 bits per heavy atom. The number of para-hydroxylation sites is 4. The number of nitrogens with zero attached hydrogens (tertiary/aromatic N) is 3. The molecule has 3 aromatic heterocycles. The summed E-state index contributed by atoms with van der Waals surface area (Å²) in [4.78, 5) is 9.82. The van der Waals surface area contributed by atoms with E-state index in [0.717, 1.165) is 94.7 Å². The van der Waals surface area contributed by atoms with E-state index in [9.17, 15) is 0 Å². The fourth-order valence-corrected chi connectivity index (χ4v) is 8.63. The first-order valence-corrected chi connectivity index (χ1v) is 20.4. The minimum absolute atomic E-state index is 0.535. The van der Waals surface area contributed by atoms with Crippen LogP contribution in [0.3, 0.4) is 0 Å². The third kappa shape index (κ3) is 5.92. The molecule has 0 radical (unpaired) electrons. The van der Waals surface area contributed by atoms with Crippen molar-refractivity contribution >= 4 is 89.1 Å². The van der Waals surface area contributed by atoms with Crippen molar-refractivity contribution < 1.29 is 13.3 Å². The number of benzene rings is 9. The molecule has 6 heteroatoms. The molecule has 0 fully saturated rings. The summed E-state index contributed by atoms with van der Waals surface area (Å²) >= 11 is 0. The molecule has 3 heterocycles. The quantitative estimate of drug-likeness (QED) is 0.153. The molecule has 0 aliphatic carbocycles. The lowest BCUT2D eigenvalue weighted by Crippen LogP contribution is -2.14. The summed E-state index contributed by atoms with van der Waals surface area (Å²) in [6, 6.07) is 73.1. The maximum atomic E-state index is 6.80. The van der Waals surface area contributed by atoms with Gasteiger partial charge in [0.15, 0.2) is 11.2 Å². The summed E-state index contributed by atoms with van der Waals surface area (Å²) in [6.07, 6.45) is 0. The smallest absolute Gasteiger partial charge is 0.227 e. The molecule has 61 heavy (non-hydrogen) atoms. The van der Waals surface area contributed by atoms with Gasteiger partial charge in [-0.2, -0.15) is 0 Å². The summed E-state index contributed by atoms with van der Waals surface area (Å²) in [7, 11) is 0. The molecule has 0 atom stereocenters. The second-order valence-electron chi connectivity index (χ2n) is 15.1. The fraction of sp³-hybridized carbons (Fsp3) is 0. The van der Waals surface area contributed by atoms with Crippen molar-refractivity contribution in [1.82, 2.24) is 4.98 Å². The van der Waals surface area contributed by atoms with E-state index in [1.165, 1.54) is 0 Å². The Morgan fingerprint density at radius 2 is 0.885 bits per heavy atom. The summed E-state index contributed by atoms with van der Waals surface area (Å²) in [5, 5.41) is 4.19. The Hall–Kier alpha value is -8.35. The average Bonchev–Trinajstić information content (AvgIpc) is 4.05. The van der Waals surface area contributed by atoms with Gasteiger partial charge in [0.25, 0.3) is 0 Å². The number of hydrogen-bond acceptors (Lipinski definition) is 6. The first-order chi connectivity index (χ1) is 30.2. The molecule has 6 nitrogen and oxygen atoms in total. The highest BCUT2D eigenvalue weighted by Crippen LogP contribution is 2.48. The van der Waals surface area contributed by atoms with Crippen LogP contribution in [0.5, 0.6) is 0 Å². The highest BCUT2D eigenvalue weighted by Gasteiger charge is 2.26. The van der Waals surface area contributed by atoms with Crippen molar-refractivity contribution in [2.24, 2.45) is 0 Å². The van der Waals surface area contributed by atoms with Gasteiger partial charge in [0.05, 0.1) is 17.1 Å². The van der Waals surface area contributed by atoms with Gasteiger partial charge in [0.2, 0.25) is 5.89 Å². The summed E-state index contributed by atoms with van der Waals surface area (Å²) < 4.78 is 19.9. The lowest BCUT2D eigenvalue weighted by molar-refractivity contribution is 0.620. The Balaban J connectivity index is 1.15. The van der Waals surface area contributed by atoms with Crippen molar-refractivity contribution in [3.05, 3.63) is 212 Å². The standard InChI is InChI=1S/C55H35N3O3/c1-4-15-36(16-5-1)37-27-29-40(30-28-37)58(47-24-14-23-45-43-21-10-13-26-50(43)60-54(45)47)48-34-42(35-52-53(48)56-55(61-52)38-17-6-2-7-18-38)57(39-19-8-3-9-20-39)41-31-32-51-46(33-41)44-22-11-12-25-49(44)59-51/h1-35H. The van der Waals surface area contributed by atoms with Crippen molar-refractivity contribution in [3.8, 4) is 22.6 Å². The van der Waals surface area contributed by atoms with E-state index in [2.05, 4.69) is 155 Å². The van der Waals surface area contributed by atoms with Gasteiger partial charge in [-0.05, 0) is 90.0 Å². The first kappa shape index (κ1) is 34.7. The first-order valence-electron chi connectivity index (χ1n) is 20.4. The van der Waals surface area contributed by atoms with Gasteiger partial charge in [0.1, 0.15) is 22.3 Å². The number of fused-ring (bicyclic) bond motifs is 7. The summed E-state index contributed by atoms with van der Waals surface area (Å²) in [5.74, 6) is 0.535. The molecule has 9 aromatic carbocycles.